The minimum absolute atomic E-state index is 0.0430. The van der Waals surface area contributed by atoms with Gasteiger partial charge in [-0.3, -0.25) is 4.79 Å². The number of amides is 1. The molecule has 2 aliphatic rings. The summed E-state index contributed by atoms with van der Waals surface area (Å²) in [7, 11) is 0. The molecule has 7 heteroatoms. The third-order valence-corrected chi connectivity index (χ3v) is 5.64. The fraction of sp³-hybridized carbons (Fsp3) is 0.429. The van der Waals surface area contributed by atoms with E-state index in [1.807, 2.05) is 6.07 Å². The molecule has 1 aromatic carbocycles. The number of carbonyl (C=O) groups is 1. The predicted molar refractivity (Wildman–Crippen MR) is 111 cm³/mol. The van der Waals surface area contributed by atoms with E-state index in [2.05, 4.69) is 39.5 Å². The van der Waals surface area contributed by atoms with Crippen molar-refractivity contribution in [2.75, 3.05) is 56.2 Å². The molecule has 0 bridgehead atoms. The average Bonchev–Trinajstić information content (AvgIpc) is 3.23. The molecule has 2 fully saturated rings. The van der Waals surface area contributed by atoms with Gasteiger partial charge in [0.25, 0.3) is 5.91 Å². The van der Waals surface area contributed by atoms with Gasteiger partial charge < -0.3 is 19.9 Å². The maximum Gasteiger partial charge on any atom is 0.255 e. The summed E-state index contributed by atoms with van der Waals surface area (Å²) >= 11 is 6.39. The van der Waals surface area contributed by atoms with E-state index < -0.39 is 0 Å². The Balaban J connectivity index is 1.32. The lowest BCUT2D eigenvalue weighted by Gasteiger charge is -2.26. The molecule has 0 radical (unpaired) electrons. The molecule has 3 heterocycles. The van der Waals surface area contributed by atoms with E-state index in [4.69, 9.17) is 16.3 Å². The van der Waals surface area contributed by atoms with E-state index in [1.54, 1.807) is 17.2 Å². The number of nitrogens with one attached hydrogen (secondary N) is 1. The summed E-state index contributed by atoms with van der Waals surface area (Å²) in [5.41, 5.74) is 1.79. The number of pyridine rings is 1. The predicted octanol–water partition coefficient (Wildman–Crippen LogP) is 3.15. The minimum atomic E-state index is -0.0430. The lowest BCUT2D eigenvalue weighted by atomic mass is 10.1. The van der Waals surface area contributed by atoms with E-state index in [0.717, 1.165) is 26.1 Å². The van der Waals surface area contributed by atoms with E-state index in [-0.39, 0.29) is 5.91 Å². The molecular formula is C21H25ClN4O2. The van der Waals surface area contributed by atoms with Crippen molar-refractivity contribution in [3.8, 4) is 0 Å². The zero-order valence-electron chi connectivity index (χ0n) is 15.8. The van der Waals surface area contributed by atoms with Gasteiger partial charge in [-0.05, 0) is 30.5 Å². The summed E-state index contributed by atoms with van der Waals surface area (Å²) in [5, 5.41) is 3.84. The number of rotatable bonds is 5. The Morgan fingerprint density at radius 3 is 2.75 bits per heavy atom. The van der Waals surface area contributed by atoms with Crippen molar-refractivity contribution in [2.24, 2.45) is 5.92 Å². The molecule has 2 aliphatic heterocycles. The molecule has 1 atom stereocenters. The SMILES string of the molecule is O=C(c1cnc(NCC2CCN(c3ccccc3)C2)c(Cl)c1)N1CCOCC1. The van der Waals surface area contributed by atoms with Crippen LogP contribution in [0.15, 0.2) is 42.6 Å². The quantitative estimate of drug-likeness (QED) is 0.835. The zero-order valence-corrected chi connectivity index (χ0v) is 16.6. The number of morpholine rings is 1. The largest absolute Gasteiger partial charge is 0.378 e. The van der Waals surface area contributed by atoms with Crippen molar-refractivity contribution in [1.29, 1.82) is 0 Å². The van der Waals surface area contributed by atoms with Gasteiger partial charge in [0.05, 0.1) is 23.8 Å². The van der Waals surface area contributed by atoms with Crippen LogP contribution in [0.25, 0.3) is 0 Å². The zero-order chi connectivity index (χ0) is 19.3. The summed E-state index contributed by atoms with van der Waals surface area (Å²) in [6.07, 6.45) is 2.74. The summed E-state index contributed by atoms with van der Waals surface area (Å²) < 4.78 is 5.30. The van der Waals surface area contributed by atoms with Gasteiger partial charge in [0.1, 0.15) is 5.82 Å². The van der Waals surface area contributed by atoms with Crippen molar-refractivity contribution in [2.45, 2.75) is 6.42 Å². The molecule has 2 saturated heterocycles. The first-order chi connectivity index (χ1) is 13.7. The van der Waals surface area contributed by atoms with E-state index >= 15 is 0 Å². The van der Waals surface area contributed by atoms with E-state index in [1.165, 1.54) is 5.69 Å². The molecule has 2 aromatic rings. The van der Waals surface area contributed by atoms with E-state index in [9.17, 15) is 4.79 Å². The Labute approximate surface area is 170 Å². The highest BCUT2D eigenvalue weighted by Gasteiger charge is 2.23. The number of anilines is 2. The molecule has 1 N–H and O–H groups in total. The number of hydrogen-bond acceptors (Lipinski definition) is 5. The van der Waals surface area contributed by atoms with Crippen molar-refractivity contribution >= 4 is 29.0 Å². The monoisotopic (exact) mass is 400 g/mol. The van der Waals surface area contributed by atoms with Crippen LogP contribution in [0.1, 0.15) is 16.8 Å². The molecule has 6 nitrogen and oxygen atoms in total. The number of para-hydroxylation sites is 1. The highest BCUT2D eigenvalue weighted by molar-refractivity contribution is 6.33. The summed E-state index contributed by atoms with van der Waals surface area (Å²) in [4.78, 5) is 21.1. The average molecular weight is 401 g/mol. The molecule has 4 rings (SSSR count). The van der Waals surface area contributed by atoms with Gasteiger partial charge in [-0.25, -0.2) is 4.98 Å². The van der Waals surface area contributed by atoms with Crippen molar-refractivity contribution in [3.05, 3.63) is 53.2 Å². The lowest BCUT2D eigenvalue weighted by molar-refractivity contribution is 0.0302. The maximum atomic E-state index is 12.5. The van der Waals surface area contributed by atoms with Crippen LogP contribution < -0.4 is 10.2 Å². The second-order valence-corrected chi connectivity index (χ2v) is 7.68. The fourth-order valence-electron chi connectivity index (χ4n) is 3.75. The van der Waals surface area contributed by atoms with Gasteiger partial charge in [-0.2, -0.15) is 0 Å². The molecule has 148 valence electrons. The van der Waals surface area contributed by atoms with Crippen molar-refractivity contribution in [3.63, 3.8) is 0 Å². The standard InChI is InChI=1S/C21H25ClN4O2/c22-19-12-17(21(27)25-8-10-28-11-9-25)14-24-20(19)23-13-16-6-7-26(15-16)18-4-2-1-3-5-18/h1-5,12,14,16H,6-11,13,15H2,(H,23,24). The van der Waals surface area contributed by atoms with E-state index in [0.29, 0.717) is 48.6 Å². The van der Waals surface area contributed by atoms with Crippen LogP contribution in [-0.2, 0) is 4.74 Å². The number of benzene rings is 1. The van der Waals surface area contributed by atoms with Gasteiger partial charge in [0.2, 0.25) is 0 Å². The number of hydrogen-bond donors (Lipinski definition) is 1. The van der Waals surface area contributed by atoms with Crippen LogP contribution in [0, 0.1) is 5.92 Å². The highest BCUT2D eigenvalue weighted by atomic mass is 35.5. The molecule has 1 aromatic heterocycles. The summed E-state index contributed by atoms with van der Waals surface area (Å²) in [5.74, 6) is 1.13. The number of nitrogens with zero attached hydrogens (tertiary/aromatic N) is 3. The first kappa shape index (κ1) is 19.0. The smallest absolute Gasteiger partial charge is 0.255 e. The summed E-state index contributed by atoms with van der Waals surface area (Å²) in [6.45, 7) is 5.26. The van der Waals surface area contributed by atoms with Gasteiger partial charge in [0.15, 0.2) is 0 Å². The van der Waals surface area contributed by atoms with Crippen LogP contribution in [0.2, 0.25) is 5.02 Å². The van der Waals surface area contributed by atoms with Gasteiger partial charge in [0, 0.05) is 44.6 Å². The molecule has 0 spiro atoms. The lowest BCUT2D eigenvalue weighted by Crippen LogP contribution is -2.40. The van der Waals surface area contributed by atoms with Crippen LogP contribution in [0.4, 0.5) is 11.5 Å². The first-order valence-electron chi connectivity index (χ1n) is 9.77. The molecule has 1 amide bonds. The van der Waals surface area contributed by atoms with Gasteiger partial charge in [-0.15, -0.1) is 0 Å². The number of ether oxygens (including phenoxy) is 1. The van der Waals surface area contributed by atoms with Crippen LogP contribution >= 0.6 is 11.6 Å². The second kappa shape index (κ2) is 8.80. The Morgan fingerprint density at radius 2 is 2.00 bits per heavy atom. The van der Waals surface area contributed by atoms with Gasteiger partial charge >= 0.3 is 0 Å². The Morgan fingerprint density at radius 1 is 1.21 bits per heavy atom. The molecule has 0 saturated carbocycles. The Kier molecular flexibility index (Phi) is 5.98. The second-order valence-electron chi connectivity index (χ2n) is 7.28. The number of aromatic nitrogens is 1. The van der Waals surface area contributed by atoms with Crippen molar-refractivity contribution in [1.82, 2.24) is 9.88 Å². The first-order valence-corrected chi connectivity index (χ1v) is 10.1. The highest BCUT2D eigenvalue weighted by Crippen LogP contribution is 2.25. The van der Waals surface area contributed by atoms with Crippen LogP contribution in [0.5, 0.6) is 0 Å². The molecular weight excluding hydrogens is 376 g/mol. The maximum absolute atomic E-state index is 12.5. The number of carbonyl (C=O) groups excluding carboxylic acids is 1. The molecule has 28 heavy (non-hydrogen) atoms. The number of halogens is 1. The van der Waals surface area contributed by atoms with Crippen LogP contribution in [-0.4, -0.2) is 61.7 Å². The fourth-order valence-corrected chi connectivity index (χ4v) is 3.98. The Bertz CT molecular complexity index is 811. The third kappa shape index (κ3) is 4.39. The van der Waals surface area contributed by atoms with Gasteiger partial charge in [-0.1, -0.05) is 29.8 Å². The normalized spacial score (nSPS) is 19.7. The molecule has 1 unspecified atom stereocenters. The van der Waals surface area contributed by atoms with Crippen molar-refractivity contribution < 1.29 is 9.53 Å². The third-order valence-electron chi connectivity index (χ3n) is 5.35. The van der Waals surface area contributed by atoms with Crippen LogP contribution in [0.3, 0.4) is 0 Å². The Hall–Kier alpha value is -2.31. The topological polar surface area (TPSA) is 57.7 Å². The summed E-state index contributed by atoms with van der Waals surface area (Å²) in [6, 6.07) is 12.2. The molecule has 0 aliphatic carbocycles. The minimum Gasteiger partial charge on any atom is -0.378 e.